The van der Waals surface area contributed by atoms with Gasteiger partial charge in [-0.15, -0.1) is 0 Å². The van der Waals surface area contributed by atoms with Crippen LogP contribution in [0.3, 0.4) is 0 Å². The normalized spacial score (nSPS) is 19.8. The number of hydrogen-bond acceptors (Lipinski definition) is 3. The van der Waals surface area contributed by atoms with Gasteiger partial charge in [0.15, 0.2) is 0 Å². The number of ether oxygens (including phenoxy) is 1. The lowest BCUT2D eigenvalue weighted by molar-refractivity contribution is -0.124. The predicted molar refractivity (Wildman–Crippen MR) is 113 cm³/mol. The van der Waals surface area contributed by atoms with Gasteiger partial charge in [-0.2, -0.15) is 0 Å². The fourth-order valence-electron chi connectivity index (χ4n) is 3.67. The quantitative estimate of drug-likeness (QED) is 0.739. The SMILES string of the molecule is CC1CCC(NC(=O)C(Cc2ccccc2)NC(=O)OCc2ccccc2)CC1. The summed E-state index contributed by atoms with van der Waals surface area (Å²) in [4.78, 5) is 25.3. The van der Waals surface area contributed by atoms with Crippen LogP contribution >= 0.6 is 0 Å². The van der Waals surface area contributed by atoms with Crippen molar-refractivity contribution in [2.45, 2.75) is 57.7 Å². The second-order valence-electron chi connectivity index (χ2n) is 7.91. The molecule has 5 nitrogen and oxygen atoms in total. The van der Waals surface area contributed by atoms with E-state index < -0.39 is 12.1 Å². The molecule has 5 heteroatoms. The second kappa shape index (κ2) is 10.6. The van der Waals surface area contributed by atoms with E-state index in [2.05, 4.69) is 17.6 Å². The summed E-state index contributed by atoms with van der Waals surface area (Å²) in [5.74, 6) is 0.569. The number of nitrogens with one attached hydrogen (secondary N) is 2. The first-order valence-corrected chi connectivity index (χ1v) is 10.4. The van der Waals surface area contributed by atoms with Gasteiger partial charge in [0.1, 0.15) is 12.6 Å². The van der Waals surface area contributed by atoms with Gasteiger partial charge in [0.25, 0.3) is 0 Å². The molecule has 0 heterocycles. The summed E-state index contributed by atoms with van der Waals surface area (Å²) < 4.78 is 5.32. The number of carbonyl (C=O) groups is 2. The average Bonchev–Trinajstić information content (AvgIpc) is 2.75. The zero-order valence-corrected chi connectivity index (χ0v) is 17.0. The van der Waals surface area contributed by atoms with E-state index >= 15 is 0 Å². The first-order chi connectivity index (χ1) is 14.1. The molecule has 0 saturated heterocycles. The van der Waals surface area contributed by atoms with E-state index in [1.54, 1.807) is 0 Å². The van der Waals surface area contributed by atoms with Crippen LogP contribution < -0.4 is 10.6 Å². The molecule has 3 rings (SSSR count). The Morgan fingerprint density at radius 3 is 2.14 bits per heavy atom. The van der Waals surface area contributed by atoms with Crippen molar-refractivity contribution in [1.82, 2.24) is 10.6 Å². The Labute approximate surface area is 172 Å². The molecule has 1 aliphatic rings. The van der Waals surface area contributed by atoms with Gasteiger partial charge in [0, 0.05) is 12.5 Å². The summed E-state index contributed by atoms with van der Waals surface area (Å²) in [7, 11) is 0. The molecule has 1 unspecified atom stereocenters. The van der Waals surface area contributed by atoms with E-state index in [1.165, 1.54) is 0 Å². The van der Waals surface area contributed by atoms with Crippen LogP contribution in [0.4, 0.5) is 4.79 Å². The molecule has 1 aliphatic carbocycles. The maximum absolute atomic E-state index is 12.9. The number of rotatable bonds is 7. The highest BCUT2D eigenvalue weighted by atomic mass is 16.5. The standard InChI is InChI=1S/C24H30N2O3/c1-18-12-14-21(15-13-18)25-23(27)22(16-19-8-4-2-5-9-19)26-24(28)29-17-20-10-6-3-7-11-20/h2-11,18,21-22H,12-17H2,1H3,(H,25,27)(H,26,28). The van der Waals surface area contributed by atoms with Crippen LogP contribution in [0.1, 0.15) is 43.7 Å². The van der Waals surface area contributed by atoms with Crippen LogP contribution in [0.15, 0.2) is 60.7 Å². The second-order valence-corrected chi connectivity index (χ2v) is 7.91. The molecule has 2 aromatic rings. The van der Waals surface area contributed by atoms with Gasteiger partial charge >= 0.3 is 6.09 Å². The first-order valence-electron chi connectivity index (χ1n) is 10.4. The molecule has 1 atom stereocenters. The fraction of sp³-hybridized carbons (Fsp3) is 0.417. The number of carbonyl (C=O) groups excluding carboxylic acids is 2. The maximum Gasteiger partial charge on any atom is 0.408 e. The smallest absolute Gasteiger partial charge is 0.408 e. The first kappa shape index (κ1) is 20.9. The third kappa shape index (κ3) is 6.93. The van der Waals surface area contributed by atoms with Gasteiger partial charge in [-0.3, -0.25) is 4.79 Å². The number of benzene rings is 2. The van der Waals surface area contributed by atoms with Crippen molar-refractivity contribution < 1.29 is 14.3 Å². The zero-order valence-electron chi connectivity index (χ0n) is 17.0. The van der Waals surface area contributed by atoms with Crippen LogP contribution in [0, 0.1) is 5.92 Å². The van der Waals surface area contributed by atoms with E-state index in [1.807, 2.05) is 60.7 Å². The fourth-order valence-corrected chi connectivity index (χ4v) is 3.67. The Morgan fingerprint density at radius 2 is 1.52 bits per heavy atom. The van der Waals surface area contributed by atoms with Gasteiger partial charge in [0.2, 0.25) is 5.91 Å². The zero-order chi connectivity index (χ0) is 20.5. The molecule has 1 saturated carbocycles. The minimum Gasteiger partial charge on any atom is -0.445 e. The molecule has 0 spiro atoms. The van der Waals surface area contributed by atoms with E-state index in [-0.39, 0.29) is 18.6 Å². The van der Waals surface area contributed by atoms with Gasteiger partial charge < -0.3 is 15.4 Å². The molecule has 0 aliphatic heterocycles. The van der Waals surface area contributed by atoms with Crippen LogP contribution in [0.5, 0.6) is 0 Å². The lowest BCUT2D eigenvalue weighted by Gasteiger charge is -2.28. The number of amides is 2. The van der Waals surface area contributed by atoms with Crippen molar-refractivity contribution in [3.63, 3.8) is 0 Å². The summed E-state index contributed by atoms with van der Waals surface area (Å²) in [6.07, 6.45) is 4.08. The Hall–Kier alpha value is -2.82. The third-order valence-electron chi connectivity index (χ3n) is 5.47. The van der Waals surface area contributed by atoms with Crippen molar-refractivity contribution >= 4 is 12.0 Å². The molecule has 29 heavy (non-hydrogen) atoms. The molecule has 2 aromatic carbocycles. The van der Waals surface area contributed by atoms with E-state index in [4.69, 9.17) is 4.74 Å². The molecular formula is C24H30N2O3. The van der Waals surface area contributed by atoms with Gasteiger partial charge in [-0.05, 0) is 42.7 Å². The molecule has 1 fully saturated rings. The average molecular weight is 395 g/mol. The van der Waals surface area contributed by atoms with Crippen molar-refractivity contribution in [1.29, 1.82) is 0 Å². The summed E-state index contributed by atoms with van der Waals surface area (Å²) in [5, 5.41) is 5.89. The van der Waals surface area contributed by atoms with Crippen LogP contribution in [-0.2, 0) is 22.6 Å². The van der Waals surface area contributed by atoms with Crippen molar-refractivity contribution in [2.75, 3.05) is 0 Å². The summed E-state index contributed by atoms with van der Waals surface area (Å²) >= 11 is 0. The van der Waals surface area contributed by atoms with Crippen LogP contribution in [0.2, 0.25) is 0 Å². The van der Waals surface area contributed by atoms with E-state index in [0.717, 1.165) is 36.8 Å². The Kier molecular flexibility index (Phi) is 7.68. The molecular weight excluding hydrogens is 364 g/mol. The van der Waals surface area contributed by atoms with E-state index in [9.17, 15) is 9.59 Å². The monoisotopic (exact) mass is 394 g/mol. The maximum atomic E-state index is 12.9. The van der Waals surface area contributed by atoms with Crippen LogP contribution in [-0.4, -0.2) is 24.1 Å². The number of hydrogen-bond donors (Lipinski definition) is 2. The highest BCUT2D eigenvalue weighted by Gasteiger charge is 2.26. The lowest BCUT2D eigenvalue weighted by atomic mass is 9.87. The largest absolute Gasteiger partial charge is 0.445 e. The van der Waals surface area contributed by atoms with Crippen molar-refractivity contribution in [3.8, 4) is 0 Å². The molecule has 0 aromatic heterocycles. The third-order valence-corrected chi connectivity index (χ3v) is 5.47. The molecule has 154 valence electrons. The van der Waals surface area contributed by atoms with E-state index in [0.29, 0.717) is 12.3 Å². The molecule has 0 bridgehead atoms. The minimum atomic E-state index is -0.667. The highest BCUT2D eigenvalue weighted by molar-refractivity contribution is 5.86. The Morgan fingerprint density at radius 1 is 0.931 bits per heavy atom. The molecule has 0 radical (unpaired) electrons. The predicted octanol–water partition coefficient (Wildman–Crippen LogP) is 4.22. The number of alkyl carbamates (subject to hydrolysis) is 1. The Balaban J connectivity index is 1.59. The molecule has 2 N–H and O–H groups in total. The Bertz CT molecular complexity index is 771. The van der Waals surface area contributed by atoms with Gasteiger partial charge in [-0.25, -0.2) is 4.79 Å². The van der Waals surface area contributed by atoms with Crippen molar-refractivity contribution in [3.05, 3.63) is 71.8 Å². The van der Waals surface area contributed by atoms with Gasteiger partial charge in [-0.1, -0.05) is 67.6 Å². The summed E-state index contributed by atoms with van der Waals surface area (Å²) in [6, 6.07) is 18.7. The van der Waals surface area contributed by atoms with Crippen molar-refractivity contribution in [2.24, 2.45) is 5.92 Å². The lowest BCUT2D eigenvalue weighted by Crippen LogP contribution is -2.51. The highest BCUT2D eigenvalue weighted by Crippen LogP contribution is 2.23. The topological polar surface area (TPSA) is 67.4 Å². The summed E-state index contributed by atoms with van der Waals surface area (Å²) in [5.41, 5.74) is 1.90. The minimum absolute atomic E-state index is 0.148. The molecule has 2 amide bonds. The van der Waals surface area contributed by atoms with Crippen LogP contribution in [0.25, 0.3) is 0 Å². The summed E-state index contributed by atoms with van der Waals surface area (Å²) in [6.45, 7) is 2.42. The van der Waals surface area contributed by atoms with Gasteiger partial charge in [0.05, 0.1) is 0 Å².